The van der Waals surface area contributed by atoms with E-state index in [1.54, 1.807) is 6.92 Å². The van der Waals surface area contributed by atoms with Gasteiger partial charge in [0, 0.05) is 13.5 Å². The molecule has 0 aliphatic rings. The predicted octanol–water partition coefficient (Wildman–Crippen LogP) is 1.12. The monoisotopic (exact) mass is 279 g/mol. The van der Waals surface area contributed by atoms with Crippen molar-refractivity contribution in [3.8, 4) is 0 Å². The Kier molecular flexibility index (Phi) is 4.03. The zero-order valence-corrected chi connectivity index (χ0v) is 11.0. The molecule has 0 saturated carbocycles. The van der Waals surface area contributed by atoms with E-state index >= 15 is 0 Å². The van der Waals surface area contributed by atoms with Crippen molar-refractivity contribution in [2.24, 2.45) is 0 Å². The van der Waals surface area contributed by atoms with Gasteiger partial charge in [0.2, 0.25) is 17.5 Å². The summed E-state index contributed by atoms with van der Waals surface area (Å²) < 4.78 is 4.81. The Morgan fingerprint density at radius 3 is 2.60 bits per heavy atom. The maximum Gasteiger partial charge on any atom is 0.353 e. The highest BCUT2D eigenvalue weighted by molar-refractivity contribution is 5.69. The van der Waals surface area contributed by atoms with E-state index in [1.165, 1.54) is 6.33 Å². The van der Waals surface area contributed by atoms with Crippen LogP contribution in [-0.2, 0) is 6.54 Å². The Balaban J connectivity index is 2.22. The van der Waals surface area contributed by atoms with Crippen LogP contribution in [0.2, 0.25) is 0 Å². The van der Waals surface area contributed by atoms with Crippen LogP contribution in [0.4, 0.5) is 17.3 Å². The standard InChI is InChI=1S/C10H13N7O3/c1-3-11-9-8(17(18)19)10(14-5-13-9)12-4-7-15-6(2)20-16-7/h5H,3-4H2,1-2H3,(H2,11,12,13,14). The number of nitro groups is 1. The van der Waals surface area contributed by atoms with Crippen LogP contribution >= 0.6 is 0 Å². The summed E-state index contributed by atoms with van der Waals surface area (Å²) >= 11 is 0. The number of aromatic nitrogens is 4. The van der Waals surface area contributed by atoms with Gasteiger partial charge in [-0.3, -0.25) is 10.1 Å². The molecule has 2 aromatic rings. The van der Waals surface area contributed by atoms with Crippen molar-refractivity contribution in [1.82, 2.24) is 20.1 Å². The third-order valence-electron chi connectivity index (χ3n) is 2.33. The van der Waals surface area contributed by atoms with Crippen LogP contribution in [-0.4, -0.2) is 31.6 Å². The van der Waals surface area contributed by atoms with Crippen molar-refractivity contribution in [1.29, 1.82) is 0 Å². The Hall–Kier alpha value is -2.78. The first-order valence-electron chi connectivity index (χ1n) is 5.88. The van der Waals surface area contributed by atoms with Crippen LogP contribution < -0.4 is 10.6 Å². The Morgan fingerprint density at radius 2 is 2.05 bits per heavy atom. The van der Waals surface area contributed by atoms with Crippen LogP contribution in [0.25, 0.3) is 0 Å². The van der Waals surface area contributed by atoms with Gasteiger partial charge in [-0.05, 0) is 6.92 Å². The molecule has 0 saturated heterocycles. The second kappa shape index (κ2) is 5.91. The van der Waals surface area contributed by atoms with Gasteiger partial charge in [0.05, 0.1) is 11.5 Å². The highest BCUT2D eigenvalue weighted by Gasteiger charge is 2.22. The van der Waals surface area contributed by atoms with Crippen LogP contribution in [0.3, 0.4) is 0 Å². The maximum absolute atomic E-state index is 11.1. The molecule has 20 heavy (non-hydrogen) atoms. The van der Waals surface area contributed by atoms with Gasteiger partial charge in [-0.1, -0.05) is 5.16 Å². The number of anilines is 2. The summed E-state index contributed by atoms with van der Waals surface area (Å²) in [7, 11) is 0. The molecule has 2 aromatic heterocycles. The summed E-state index contributed by atoms with van der Waals surface area (Å²) in [6.45, 7) is 4.16. The second-order valence-corrected chi connectivity index (χ2v) is 3.79. The molecule has 0 aromatic carbocycles. The van der Waals surface area contributed by atoms with Gasteiger partial charge in [-0.25, -0.2) is 9.97 Å². The minimum atomic E-state index is -0.540. The fourth-order valence-electron chi connectivity index (χ4n) is 1.55. The molecule has 0 spiro atoms. The number of hydrogen-bond donors (Lipinski definition) is 2. The Morgan fingerprint density at radius 1 is 1.35 bits per heavy atom. The van der Waals surface area contributed by atoms with Gasteiger partial charge in [-0.15, -0.1) is 0 Å². The molecule has 2 heterocycles. The minimum Gasteiger partial charge on any atom is -0.364 e. The number of nitrogens with zero attached hydrogens (tertiary/aromatic N) is 5. The molecular weight excluding hydrogens is 266 g/mol. The first-order valence-corrected chi connectivity index (χ1v) is 5.88. The average molecular weight is 279 g/mol. The van der Waals surface area contributed by atoms with Crippen molar-refractivity contribution in [3.63, 3.8) is 0 Å². The molecule has 0 atom stereocenters. The zero-order chi connectivity index (χ0) is 14.5. The SMILES string of the molecule is CCNc1ncnc(NCc2noc(C)n2)c1[N+](=O)[O-]. The molecule has 2 N–H and O–H groups in total. The van der Waals surface area contributed by atoms with E-state index < -0.39 is 4.92 Å². The van der Waals surface area contributed by atoms with Gasteiger partial charge < -0.3 is 15.2 Å². The first kappa shape index (κ1) is 13.6. The van der Waals surface area contributed by atoms with E-state index in [1.807, 2.05) is 6.92 Å². The number of nitrogens with one attached hydrogen (secondary N) is 2. The highest BCUT2D eigenvalue weighted by Crippen LogP contribution is 2.28. The van der Waals surface area contributed by atoms with Crippen molar-refractivity contribution in [2.75, 3.05) is 17.2 Å². The van der Waals surface area contributed by atoms with E-state index in [2.05, 4.69) is 30.7 Å². The van der Waals surface area contributed by atoms with Crippen molar-refractivity contribution in [3.05, 3.63) is 28.2 Å². The quantitative estimate of drug-likeness (QED) is 0.589. The predicted molar refractivity (Wildman–Crippen MR) is 69.2 cm³/mol. The summed E-state index contributed by atoms with van der Waals surface area (Å²) in [6, 6.07) is 0. The molecule has 10 nitrogen and oxygen atoms in total. The Labute approximate surface area is 113 Å². The van der Waals surface area contributed by atoms with Gasteiger partial charge >= 0.3 is 5.69 Å². The number of aryl methyl sites for hydroxylation is 1. The lowest BCUT2D eigenvalue weighted by molar-refractivity contribution is -0.383. The molecule has 0 fully saturated rings. The highest BCUT2D eigenvalue weighted by atomic mass is 16.6. The van der Waals surface area contributed by atoms with Gasteiger partial charge in [0.25, 0.3) is 0 Å². The summed E-state index contributed by atoms with van der Waals surface area (Å²) in [6.07, 6.45) is 1.24. The molecule has 0 bridgehead atoms. The van der Waals surface area contributed by atoms with Gasteiger partial charge in [-0.2, -0.15) is 4.98 Å². The maximum atomic E-state index is 11.1. The van der Waals surface area contributed by atoms with Gasteiger partial charge in [0.1, 0.15) is 6.33 Å². The van der Waals surface area contributed by atoms with E-state index in [9.17, 15) is 10.1 Å². The molecular formula is C10H13N7O3. The minimum absolute atomic E-state index is 0.100. The zero-order valence-electron chi connectivity index (χ0n) is 11.0. The lowest BCUT2D eigenvalue weighted by Gasteiger charge is -2.07. The largest absolute Gasteiger partial charge is 0.364 e. The molecule has 2 rings (SSSR count). The molecule has 0 radical (unpaired) electrons. The second-order valence-electron chi connectivity index (χ2n) is 3.79. The lowest BCUT2D eigenvalue weighted by Crippen LogP contribution is -2.10. The molecule has 106 valence electrons. The smallest absolute Gasteiger partial charge is 0.353 e. The van der Waals surface area contributed by atoms with Crippen LogP contribution in [0.1, 0.15) is 18.6 Å². The van der Waals surface area contributed by atoms with Crippen molar-refractivity contribution in [2.45, 2.75) is 20.4 Å². The van der Waals surface area contributed by atoms with Crippen molar-refractivity contribution < 1.29 is 9.45 Å². The van der Waals surface area contributed by atoms with E-state index in [0.717, 1.165) is 0 Å². The van der Waals surface area contributed by atoms with Gasteiger partial charge in [0.15, 0.2) is 5.82 Å². The fraction of sp³-hybridized carbons (Fsp3) is 0.400. The first-order chi connectivity index (χ1) is 9.61. The summed E-state index contributed by atoms with van der Waals surface area (Å²) in [5.74, 6) is 1.08. The third-order valence-corrected chi connectivity index (χ3v) is 2.33. The molecule has 10 heteroatoms. The number of hydrogen-bond acceptors (Lipinski definition) is 9. The average Bonchev–Trinajstić information content (AvgIpc) is 2.82. The molecule has 0 aliphatic heterocycles. The molecule has 0 amide bonds. The van der Waals surface area contributed by atoms with Crippen LogP contribution in [0.5, 0.6) is 0 Å². The third kappa shape index (κ3) is 2.96. The van der Waals surface area contributed by atoms with Crippen LogP contribution in [0, 0.1) is 17.0 Å². The van der Waals surface area contributed by atoms with E-state index in [0.29, 0.717) is 18.3 Å². The molecule has 0 unspecified atom stereocenters. The summed E-state index contributed by atoms with van der Waals surface area (Å²) in [4.78, 5) is 22.3. The van der Waals surface area contributed by atoms with E-state index in [4.69, 9.17) is 4.52 Å². The summed E-state index contributed by atoms with van der Waals surface area (Å²) in [5, 5.41) is 20.4. The normalized spacial score (nSPS) is 10.3. The summed E-state index contributed by atoms with van der Waals surface area (Å²) in [5.41, 5.74) is -0.213. The lowest BCUT2D eigenvalue weighted by atomic mass is 10.4. The molecule has 0 aliphatic carbocycles. The van der Waals surface area contributed by atoms with E-state index in [-0.39, 0.29) is 23.9 Å². The number of rotatable bonds is 6. The van der Waals surface area contributed by atoms with Crippen LogP contribution in [0.15, 0.2) is 10.9 Å². The van der Waals surface area contributed by atoms with Crippen molar-refractivity contribution >= 4 is 17.3 Å². The Bertz CT molecular complexity index is 613. The topological polar surface area (TPSA) is 132 Å². The fourth-order valence-corrected chi connectivity index (χ4v) is 1.55.